The summed E-state index contributed by atoms with van der Waals surface area (Å²) in [5.41, 5.74) is 0. The van der Waals surface area contributed by atoms with Gasteiger partial charge in [-0.25, -0.2) is 4.98 Å². The largest absolute Gasteiger partial charge is 0.481 e. The number of carboxylic acid groups (broad SMARTS) is 1. The molecule has 88 valence electrons. The smallest absolute Gasteiger partial charge is 0.303 e. The van der Waals surface area contributed by atoms with Crippen molar-refractivity contribution < 1.29 is 14.7 Å². The molecule has 6 heteroatoms. The number of hydrogen-bond donors (Lipinski definition) is 1. The molecular weight excluding hydrogens is 210 g/mol. The van der Waals surface area contributed by atoms with Crippen LogP contribution in [0.25, 0.3) is 0 Å². The summed E-state index contributed by atoms with van der Waals surface area (Å²) in [4.78, 5) is 27.4. The first kappa shape index (κ1) is 12.2. The first-order valence-electron chi connectivity index (χ1n) is 4.92. The molecule has 6 nitrogen and oxygen atoms in total. The van der Waals surface area contributed by atoms with Gasteiger partial charge in [0.1, 0.15) is 5.82 Å². The maximum absolute atomic E-state index is 11.5. The normalized spacial score (nSPS) is 10.1. The number of hydrogen-bond acceptors (Lipinski definition) is 3. The van der Waals surface area contributed by atoms with E-state index in [4.69, 9.17) is 5.11 Å². The number of imidazole rings is 1. The third-order valence-electron chi connectivity index (χ3n) is 2.28. The van der Waals surface area contributed by atoms with Crippen molar-refractivity contribution in [3.63, 3.8) is 0 Å². The van der Waals surface area contributed by atoms with E-state index >= 15 is 0 Å². The maximum Gasteiger partial charge on any atom is 0.303 e. The van der Waals surface area contributed by atoms with Crippen LogP contribution >= 0.6 is 0 Å². The van der Waals surface area contributed by atoms with Crippen LogP contribution in [-0.4, -0.2) is 38.5 Å². The van der Waals surface area contributed by atoms with Crippen molar-refractivity contribution in [3.05, 3.63) is 18.2 Å². The molecule has 0 fully saturated rings. The zero-order chi connectivity index (χ0) is 12.1. The molecule has 0 aromatic carbocycles. The second kappa shape index (κ2) is 5.29. The van der Waals surface area contributed by atoms with Crippen molar-refractivity contribution in [1.29, 1.82) is 0 Å². The Balaban J connectivity index is 2.46. The van der Waals surface area contributed by atoms with Gasteiger partial charge in [0.2, 0.25) is 5.91 Å². The van der Waals surface area contributed by atoms with Crippen LogP contribution in [0.1, 0.15) is 18.7 Å². The summed E-state index contributed by atoms with van der Waals surface area (Å²) < 4.78 is 1.82. The van der Waals surface area contributed by atoms with Gasteiger partial charge in [0.15, 0.2) is 0 Å². The van der Waals surface area contributed by atoms with Crippen LogP contribution in [0, 0.1) is 0 Å². The predicted octanol–water partition coefficient (Wildman–Crippen LogP) is 0.243. The second-order valence-electron chi connectivity index (χ2n) is 3.60. The van der Waals surface area contributed by atoms with E-state index in [1.807, 2.05) is 11.6 Å². The van der Waals surface area contributed by atoms with Crippen LogP contribution in [0.5, 0.6) is 0 Å². The number of nitrogens with zero attached hydrogens (tertiary/aromatic N) is 3. The topological polar surface area (TPSA) is 75.4 Å². The molecule has 0 saturated carbocycles. The van der Waals surface area contributed by atoms with Gasteiger partial charge in [0.05, 0.1) is 13.0 Å². The van der Waals surface area contributed by atoms with Gasteiger partial charge >= 0.3 is 5.97 Å². The third-order valence-corrected chi connectivity index (χ3v) is 2.28. The maximum atomic E-state index is 11.5. The van der Waals surface area contributed by atoms with Crippen molar-refractivity contribution in [1.82, 2.24) is 14.5 Å². The molecule has 1 heterocycles. The Morgan fingerprint density at radius 2 is 2.19 bits per heavy atom. The minimum absolute atomic E-state index is 0.0241. The lowest BCUT2D eigenvalue weighted by Crippen LogP contribution is -2.27. The average molecular weight is 225 g/mol. The number of carbonyl (C=O) groups excluding carboxylic acids is 1. The number of aliphatic carboxylic acids is 1. The van der Waals surface area contributed by atoms with Crippen LogP contribution < -0.4 is 0 Å². The van der Waals surface area contributed by atoms with E-state index in [1.165, 1.54) is 4.90 Å². The minimum Gasteiger partial charge on any atom is -0.481 e. The van der Waals surface area contributed by atoms with Crippen LogP contribution in [-0.2, 0) is 23.2 Å². The Kier molecular flexibility index (Phi) is 4.04. The summed E-state index contributed by atoms with van der Waals surface area (Å²) in [6.45, 7) is 0.391. The Hall–Kier alpha value is -1.85. The molecule has 1 amide bonds. The number of rotatable bonds is 5. The Morgan fingerprint density at radius 1 is 1.50 bits per heavy atom. The molecule has 1 N–H and O–H groups in total. The summed E-state index contributed by atoms with van der Waals surface area (Å²) in [6.07, 6.45) is 3.34. The highest BCUT2D eigenvalue weighted by Crippen LogP contribution is 2.02. The quantitative estimate of drug-likeness (QED) is 0.779. The van der Waals surface area contributed by atoms with E-state index < -0.39 is 5.97 Å². The molecule has 16 heavy (non-hydrogen) atoms. The standard InChI is InChI=1S/C10H15N3O3/c1-12-6-5-11-8(12)7-13(2)9(14)3-4-10(15)16/h5-6H,3-4,7H2,1-2H3,(H,15,16). The van der Waals surface area contributed by atoms with E-state index in [-0.39, 0.29) is 18.7 Å². The highest BCUT2D eigenvalue weighted by Gasteiger charge is 2.12. The lowest BCUT2D eigenvalue weighted by molar-refractivity contribution is -0.140. The molecular formula is C10H15N3O3. The van der Waals surface area contributed by atoms with Crippen molar-refractivity contribution in [2.45, 2.75) is 19.4 Å². The van der Waals surface area contributed by atoms with Crippen LogP contribution in [0.3, 0.4) is 0 Å². The fourth-order valence-corrected chi connectivity index (χ4v) is 1.25. The number of carboxylic acids is 1. The first-order valence-corrected chi connectivity index (χ1v) is 4.92. The first-order chi connectivity index (χ1) is 7.50. The molecule has 0 spiro atoms. The van der Waals surface area contributed by atoms with E-state index in [0.29, 0.717) is 6.54 Å². The van der Waals surface area contributed by atoms with Gasteiger partial charge in [-0.1, -0.05) is 0 Å². The summed E-state index contributed by atoms with van der Waals surface area (Å²) >= 11 is 0. The van der Waals surface area contributed by atoms with Gasteiger partial charge in [-0.05, 0) is 0 Å². The van der Waals surface area contributed by atoms with Crippen LogP contribution in [0.15, 0.2) is 12.4 Å². The molecule has 1 rings (SSSR count). The Morgan fingerprint density at radius 3 is 2.69 bits per heavy atom. The number of aromatic nitrogens is 2. The lowest BCUT2D eigenvalue weighted by Gasteiger charge is -2.16. The molecule has 1 aromatic rings. The van der Waals surface area contributed by atoms with Gasteiger partial charge < -0.3 is 14.6 Å². The number of aryl methyl sites for hydroxylation is 1. The van der Waals surface area contributed by atoms with Gasteiger partial charge in [-0.3, -0.25) is 9.59 Å². The van der Waals surface area contributed by atoms with Crippen LogP contribution in [0.2, 0.25) is 0 Å². The van der Waals surface area contributed by atoms with E-state index in [1.54, 1.807) is 19.4 Å². The molecule has 1 aromatic heterocycles. The minimum atomic E-state index is -0.959. The van der Waals surface area contributed by atoms with Crippen LogP contribution in [0.4, 0.5) is 0 Å². The molecule has 0 radical (unpaired) electrons. The van der Waals surface area contributed by atoms with Gasteiger partial charge in [-0.15, -0.1) is 0 Å². The zero-order valence-electron chi connectivity index (χ0n) is 9.38. The Labute approximate surface area is 93.5 Å². The highest BCUT2D eigenvalue weighted by molar-refractivity contribution is 5.80. The average Bonchev–Trinajstić information content (AvgIpc) is 2.60. The molecule has 0 saturated heterocycles. The molecule has 0 aliphatic carbocycles. The number of carbonyl (C=O) groups is 2. The summed E-state index contributed by atoms with van der Waals surface area (Å²) in [7, 11) is 3.48. The van der Waals surface area contributed by atoms with Gasteiger partial charge in [-0.2, -0.15) is 0 Å². The molecule has 0 aliphatic heterocycles. The SMILES string of the molecule is CN(Cc1nccn1C)C(=O)CCC(=O)O. The van der Waals surface area contributed by atoms with Gasteiger partial charge in [0, 0.05) is 32.9 Å². The van der Waals surface area contributed by atoms with Crippen molar-refractivity contribution in [3.8, 4) is 0 Å². The fourth-order valence-electron chi connectivity index (χ4n) is 1.25. The molecule has 0 atom stereocenters. The molecule has 0 unspecified atom stereocenters. The Bertz CT molecular complexity index is 386. The third kappa shape index (κ3) is 3.38. The van der Waals surface area contributed by atoms with E-state index in [2.05, 4.69) is 4.98 Å². The summed E-state index contributed by atoms with van der Waals surface area (Å²) in [5.74, 6) is -0.379. The van der Waals surface area contributed by atoms with Crippen molar-refractivity contribution >= 4 is 11.9 Å². The van der Waals surface area contributed by atoms with Crippen molar-refractivity contribution in [2.75, 3.05) is 7.05 Å². The van der Waals surface area contributed by atoms with E-state index in [9.17, 15) is 9.59 Å². The second-order valence-corrected chi connectivity index (χ2v) is 3.60. The van der Waals surface area contributed by atoms with E-state index in [0.717, 1.165) is 5.82 Å². The summed E-state index contributed by atoms with van der Waals surface area (Å²) in [6, 6.07) is 0. The fraction of sp³-hybridized carbons (Fsp3) is 0.500. The zero-order valence-corrected chi connectivity index (χ0v) is 9.38. The predicted molar refractivity (Wildman–Crippen MR) is 56.6 cm³/mol. The highest BCUT2D eigenvalue weighted by atomic mass is 16.4. The molecule has 0 aliphatic rings. The monoisotopic (exact) mass is 225 g/mol. The van der Waals surface area contributed by atoms with Gasteiger partial charge in [0.25, 0.3) is 0 Å². The lowest BCUT2D eigenvalue weighted by atomic mass is 10.3. The molecule has 0 bridgehead atoms. The summed E-state index contributed by atoms with van der Waals surface area (Å²) in [5, 5.41) is 8.46. The van der Waals surface area contributed by atoms with Crippen molar-refractivity contribution in [2.24, 2.45) is 7.05 Å². The number of amides is 1.